The van der Waals surface area contributed by atoms with Crippen LogP contribution in [0, 0.1) is 0 Å². The Morgan fingerprint density at radius 1 is 1.17 bits per heavy atom. The van der Waals surface area contributed by atoms with Gasteiger partial charge >= 0.3 is 0 Å². The van der Waals surface area contributed by atoms with Gasteiger partial charge in [0.05, 0.1) is 10.4 Å². The Labute approximate surface area is 137 Å². The maximum atomic E-state index is 12.5. The molecule has 3 aromatic rings. The third-order valence-corrected chi connectivity index (χ3v) is 3.45. The van der Waals surface area contributed by atoms with Crippen LogP contribution < -0.4 is 14.9 Å². The van der Waals surface area contributed by atoms with E-state index in [2.05, 4.69) is 6.58 Å². The monoisotopic (exact) mass is 328 g/mol. The van der Waals surface area contributed by atoms with Crippen LogP contribution in [0.1, 0.15) is 0 Å². The van der Waals surface area contributed by atoms with Gasteiger partial charge in [0.15, 0.2) is 0 Å². The van der Waals surface area contributed by atoms with E-state index in [1.54, 1.807) is 48.5 Å². The van der Waals surface area contributed by atoms with Crippen LogP contribution in [0.2, 0.25) is 5.02 Å². The average Bonchev–Trinajstić information content (AvgIpc) is 2.57. The molecule has 0 unspecified atom stereocenters. The van der Waals surface area contributed by atoms with Gasteiger partial charge in [-0.05, 0) is 24.3 Å². The molecule has 0 bridgehead atoms. The zero-order chi connectivity index (χ0) is 16.2. The Hall–Kier alpha value is -2.72. The fourth-order valence-electron chi connectivity index (χ4n) is 2.05. The number of hydrogen-bond acceptors (Lipinski definition) is 4. The van der Waals surface area contributed by atoms with Gasteiger partial charge in [0.1, 0.15) is 30.0 Å². The second kappa shape index (κ2) is 6.58. The van der Waals surface area contributed by atoms with Crippen LogP contribution in [0.5, 0.6) is 17.2 Å². The highest BCUT2D eigenvalue weighted by atomic mass is 35.5. The minimum absolute atomic E-state index is 0.0744. The van der Waals surface area contributed by atoms with Crippen molar-refractivity contribution < 1.29 is 13.9 Å². The van der Waals surface area contributed by atoms with E-state index >= 15 is 0 Å². The van der Waals surface area contributed by atoms with Crippen molar-refractivity contribution in [1.29, 1.82) is 0 Å². The fraction of sp³-hybridized carbons (Fsp3) is 0.0556. The summed E-state index contributed by atoms with van der Waals surface area (Å²) in [5.41, 5.74) is 0.143. The summed E-state index contributed by atoms with van der Waals surface area (Å²) in [6, 6.07) is 11.9. The van der Waals surface area contributed by atoms with Gasteiger partial charge in [-0.2, -0.15) is 0 Å². The van der Waals surface area contributed by atoms with Crippen LogP contribution in [0.15, 0.2) is 70.6 Å². The van der Waals surface area contributed by atoms with Crippen LogP contribution in [0.3, 0.4) is 0 Å². The molecule has 0 atom stereocenters. The summed E-state index contributed by atoms with van der Waals surface area (Å²) in [7, 11) is 0. The van der Waals surface area contributed by atoms with Crippen molar-refractivity contribution in [2.75, 3.05) is 6.61 Å². The Morgan fingerprint density at radius 3 is 2.78 bits per heavy atom. The van der Waals surface area contributed by atoms with E-state index < -0.39 is 0 Å². The van der Waals surface area contributed by atoms with Gasteiger partial charge in [0, 0.05) is 6.07 Å². The number of hydrogen-bond donors (Lipinski definition) is 0. The van der Waals surface area contributed by atoms with E-state index in [0.717, 1.165) is 0 Å². The van der Waals surface area contributed by atoms with Gasteiger partial charge in [-0.1, -0.05) is 36.4 Å². The number of rotatable bonds is 5. The molecule has 3 rings (SSSR count). The number of para-hydroxylation sites is 1. The highest BCUT2D eigenvalue weighted by molar-refractivity contribution is 6.32. The summed E-state index contributed by atoms with van der Waals surface area (Å²) in [5, 5.41) is 0.820. The van der Waals surface area contributed by atoms with Gasteiger partial charge in [-0.15, -0.1) is 0 Å². The minimum Gasteiger partial charge on any atom is -0.489 e. The Morgan fingerprint density at radius 2 is 2.00 bits per heavy atom. The molecule has 0 saturated heterocycles. The Balaban J connectivity index is 1.97. The molecule has 5 heteroatoms. The summed E-state index contributed by atoms with van der Waals surface area (Å²) in [6.07, 6.45) is 2.91. The molecule has 0 spiro atoms. The van der Waals surface area contributed by atoms with Crippen molar-refractivity contribution in [3.63, 3.8) is 0 Å². The molecule has 1 heterocycles. The summed E-state index contributed by atoms with van der Waals surface area (Å²) in [6.45, 7) is 3.96. The first-order valence-electron chi connectivity index (χ1n) is 6.90. The first kappa shape index (κ1) is 15.2. The molecule has 0 fully saturated rings. The molecule has 0 aliphatic heterocycles. The van der Waals surface area contributed by atoms with E-state index in [-0.39, 0.29) is 11.2 Å². The zero-order valence-electron chi connectivity index (χ0n) is 12.1. The van der Waals surface area contributed by atoms with Gasteiger partial charge in [-0.3, -0.25) is 4.79 Å². The fourth-order valence-corrected chi connectivity index (χ4v) is 2.23. The van der Waals surface area contributed by atoms with Crippen LogP contribution in [-0.2, 0) is 0 Å². The van der Waals surface area contributed by atoms with Crippen molar-refractivity contribution in [3.05, 3.63) is 76.6 Å². The van der Waals surface area contributed by atoms with Crippen molar-refractivity contribution in [2.45, 2.75) is 0 Å². The van der Waals surface area contributed by atoms with Crippen molar-refractivity contribution in [2.24, 2.45) is 0 Å². The molecular weight excluding hydrogens is 316 g/mol. The molecule has 1 aromatic heterocycles. The molecular formula is C18H13ClO4. The number of fused-ring (bicyclic) bond motifs is 1. The second-order valence-electron chi connectivity index (χ2n) is 4.72. The highest BCUT2D eigenvalue weighted by Gasteiger charge is 2.11. The highest BCUT2D eigenvalue weighted by Crippen LogP contribution is 2.28. The third-order valence-electron chi connectivity index (χ3n) is 3.14. The summed E-state index contributed by atoms with van der Waals surface area (Å²) >= 11 is 6.03. The molecule has 0 N–H and O–H groups in total. The number of halogens is 1. The van der Waals surface area contributed by atoms with Crippen molar-refractivity contribution in [1.82, 2.24) is 0 Å². The predicted octanol–water partition coefficient (Wildman–Crippen LogP) is 4.80. The summed E-state index contributed by atoms with van der Waals surface area (Å²) in [5.74, 6) is 1.07. The van der Waals surface area contributed by atoms with Crippen LogP contribution in [-0.4, -0.2) is 6.61 Å². The van der Waals surface area contributed by atoms with E-state index in [1.807, 2.05) is 0 Å². The third kappa shape index (κ3) is 3.22. The number of benzene rings is 2. The maximum Gasteiger partial charge on any atom is 0.235 e. The molecule has 0 amide bonds. The van der Waals surface area contributed by atoms with E-state index in [4.69, 9.17) is 25.5 Å². The lowest BCUT2D eigenvalue weighted by Crippen LogP contribution is -2.05. The molecule has 0 aliphatic carbocycles. The first-order valence-corrected chi connectivity index (χ1v) is 7.28. The van der Waals surface area contributed by atoms with E-state index in [1.165, 1.54) is 6.26 Å². The van der Waals surface area contributed by atoms with Crippen molar-refractivity contribution >= 4 is 22.6 Å². The SMILES string of the molecule is C=CCOc1ccc2c(=O)c(Oc3ccccc3Cl)coc2c1. The van der Waals surface area contributed by atoms with Crippen LogP contribution >= 0.6 is 11.6 Å². The summed E-state index contributed by atoms with van der Waals surface area (Å²) in [4.78, 5) is 12.5. The van der Waals surface area contributed by atoms with Crippen LogP contribution in [0.25, 0.3) is 11.0 Å². The van der Waals surface area contributed by atoms with Gasteiger partial charge in [0.25, 0.3) is 0 Å². The molecule has 2 aromatic carbocycles. The zero-order valence-corrected chi connectivity index (χ0v) is 12.9. The van der Waals surface area contributed by atoms with E-state index in [9.17, 15) is 4.79 Å². The Bertz CT molecular complexity index is 914. The lowest BCUT2D eigenvalue weighted by atomic mass is 10.2. The minimum atomic E-state index is -0.276. The van der Waals surface area contributed by atoms with Gasteiger partial charge < -0.3 is 13.9 Å². The van der Waals surface area contributed by atoms with E-state index in [0.29, 0.717) is 34.1 Å². The molecule has 0 radical (unpaired) electrons. The molecule has 0 saturated carbocycles. The topological polar surface area (TPSA) is 48.7 Å². The smallest absolute Gasteiger partial charge is 0.235 e. The van der Waals surface area contributed by atoms with Crippen LogP contribution in [0.4, 0.5) is 0 Å². The normalized spacial score (nSPS) is 10.5. The van der Waals surface area contributed by atoms with Crippen molar-refractivity contribution in [3.8, 4) is 17.2 Å². The summed E-state index contributed by atoms with van der Waals surface area (Å²) < 4.78 is 16.5. The molecule has 23 heavy (non-hydrogen) atoms. The lowest BCUT2D eigenvalue weighted by Gasteiger charge is -2.08. The largest absolute Gasteiger partial charge is 0.489 e. The predicted molar refractivity (Wildman–Crippen MR) is 89.7 cm³/mol. The Kier molecular flexibility index (Phi) is 4.35. The lowest BCUT2D eigenvalue weighted by molar-refractivity contribution is 0.363. The van der Waals surface area contributed by atoms with Gasteiger partial charge in [-0.25, -0.2) is 0 Å². The quantitative estimate of drug-likeness (QED) is 0.631. The molecule has 4 nitrogen and oxygen atoms in total. The average molecular weight is 329 g/mol. The second-order valence-corrected chi connectivity index (χ2v) is 5.13. The molecule has 116 valence electrons. The first-order chi connectivity index (χ1) is 11.2. The molecule has 0 aliphatic rings. The standard InChI is InChI=1S/C18H13ClO4/c1-2-9-21-12-7-8-13-16(10-12)22-11-17(18(13)20)23-15-6-4-3-5-14(15)19/h2-8,10-11H,1,9H2. The maximum absolute atomic E-state index is 12.5. The van der Waals surface area contributed by atoms with Gasteiger partial charge in [0.2, 0.25) is 11.2 Å². The number of ether oxygens (including phenoxy) is 2.